The van der Waals surface area contributed by atoms with Crippen LogP contribution in [0.5, 0.6) is 0 Å². The van der Waals surface area contributed by atoms with Crippen LogP contribution in [-0.4, -0.2) is 23.1 Å². The zero-order valence-electron chi connectivity index (χ0n) is 12.1. The fourth-order valence-corrected chi connectivity index (χ4v) is 2.18. The number of carbonyl (C=O) groups excluding carboxylic acids is 1. The molecule has 5 nitrogen and oxygen atoms in total. The molecule has 1 aromatic rings. The van der Waals surface area contributed by atoms with Crippen LogP contribution in [-0.2, 0) is 0 Å². The molecule has 0 aromatic heterocycles. The van der Waals surface area contributed by atoms with E-state index < -0.39 is 5.97 Å². The maximum atomic E-state index is 11.8. The number of aromatic carboxylic acids is 1. The number of carboxylic acids is 1. The molecule has 5 heteroatoms. The molecule has 0 aliphatic rings. The van der Waals surface area contributed by atoms with Crippen molar-refractivity contribution in [3.8, 4) is 0 Å². The van der Waals surface area contributed by atoms with Crippen molar-refractivity contribution in [2.24, 2.45) is 5.92 Å². The summed E-state index contributed by atoms with van der Waals surface area (Å²) in [5.74, 6) is -0.529. The first kappa shape index (κ1) is 16.0. The third-order valence-electron chi connectivity index (χ3n) is 3.50. The van der Waals surface area contributed by atoms with Crippen LogP contribution < -0.4 is 10.6 Å². The molecule has 0 aliphatic heterocycles. The first-order chi connectivity index (χ1) is 9.47. The first-order valence-electron chi connectivity index (χ1n) is 6.88. The highest BCUT2D eigenvalue weighted by molar-refractivity contribution is 5.91. The fourth-order valence-electron chi connectivity index (χ4n) is 2.18. The lowest BCUT2D eigenvalue weighted by Gasteiger charge is -2.22. The normalized spacial score (nSPS) is 12.0. The number of carbonyl (C=O) groups is 2. The Morgan fingerprint density at radius 2 is 1.70 bits per heavy atom. The van der Waals surface area contributed by atoms with Gasteiger partial charge in [-0.1, -0.05) is 26.7 Å². The van der Waals surface area contributed by atoms with Gasteiger partial charge in [-0.2, -0.15) is 0 Å². The van der Waals surface area contributed by atoms with Crippen molar-refractivity contribution in [1.82, 2.24) is 5.32 Å². The summed E-state index contributed by atoms with van der Waals surface area (Å²) in [4.78, 5) is 22.6. The summed E-state index contributed by atoms with van der Waals surface area (Å²) in [6, 6.07) is 5.90. The summed E-state index contributed by atoms with van der Waals surface area (Å²) >= 11 is 0. The maximum absolute atomic E-state index is 11.8. The van der Waals surface area contributed by atoms with Gasteiger partial charge in [0, 0.05) is 11.7 Å². The molecule has 0 radical (unpaired) electrons. The number of urea groups is 1. The molecular weight excluding hydrogens is 256 g/mol. The van der Waals surface area contributed by atoms with Crippen molar-refractivity contribution in [2.75, 3.05) is 5.32 Å². The predicted molar refractivity (Wildman–Crippen MR) is 79.1 cm³/mol. The van der Waals surface area contributed by atoms with E-state index in [1.165, 1.54) is 12.1 Å². The summed E-state index contributed by atoms with van der Waals surface area (Å²) < 4.78 is 0. The molecule has 20 heavy (non-hydrogen) atoms. The number of benzene rings is 1. The average molecular weight is 278 g/mol. The number of hydrogen-bond acceptors (Lipinski definition) is 2. The van der Waals surface area contributed by atoms with Crippen LogP contribution in [0.2, 0.25) is 0 Å². The standard InChI is InChI=1S/C15H22N2O3/c1-4-11(5-2)10(3)16-15(20)17-13-8-6-12(7-9-13)14(18)19/h6-11H,4-5H2,1-3H3,(H,18,19)(H2,16,17,20). The van der Waals surface area contributed by atoms with Crippen molar-refractivity contribution in [2.45, 2.75) is 39.7 Å². The number of nitrogens with one attached hydrogen (secondary N) is 2. The molecular formula is C15H22N2O3. The molecule has 1 rings (SSSR count). The van der Waals surface area contributed by atoms with Crippen molar-refractivity contribution in [3.05, 3.63) is 29.8 Å². The molecule has 0 aliphatic carbocycles. The Bertz CT molecular complexity index is 453. The second-order valence-electron chi connectivity index (χ2n) is 4.85. The van der Waals surface area contributed by atoms with Gasteiger partial charge in [0.15, 0.2) is 0 Å². The molecule has 2 amide bonds. The van der Waals surface area contributed by atoms with Crippen LogP contribution in [0.1, 0.15) is 44.0 Å². The van der Waals surface area contributed by atoms with E-state index in [0.717, 1.165) is 12.8 Å². The van der Waals surface area contributed by atoms with Gasteiger partial charge >= 0.3 is 12.0 Å². The van der Waals surface area contributed by atoms with Crippen LogP contribution in [0.25, 0.3) is 0 Å². The average Bonchev–Trinajstić information content (AvgIpc) is 2.40. The van der Waals surface area contributed by atoms with Gasteiger partial charge < -0.3 is 15.7 Å². The van der Waals surface area contributed by atoms with Gasteiger partial charge in [-0.15, -0.1) is 0 Å². The summed E-state index contributed by atoms with van der Waals surface area (Å²) in [5.41, 5.74) is 0.769. The molecule has 0 fully saturated rings. The Morgan fingerprint density at radius 3 is 2.15 bits per heavy atom. The number of anilines is 1. The lowest BCUT2D eigenvalue weighted by atomic mass is 9.96. The number of carboxylic acid groups (broad SMARTS) is 1. The Hall–Kier alpha value is -2.04. The molecule has 3 N–H and O–H groups in total. The zero-order valence-corrected chi connectivity index (χ0v) is 12.1. The van der Waals surface area contributed by atoms with E-state index in [1.807, 2.05) is 6.92 Å². The van der Waals surface area contributed by atoms with Gasteiger partial charge in [0.1, 0.15) is 0 Å². The molecule has 0 bridgehead atoms. The predicted octanol–water partition coefficient (Wildman–Crippen LogP) is 3.33. The third-order valence-corrected chi connectivity index (χ3v) is 3.50. The van der Waals surface area contributed by atoms with Gasteiger partial charge in [0.25, 0.3) is 0 Å². The van der Waals surface area contributed by atoms with Crippen LogP contribution in [0.3, 0.4) is 0 Å². The molecule has 1 atom stereocenters. The quantitative estimate of drug-likeness (QED) is 0.746. The van der Waals surface area contributed by atoms with Crippen molar-refractivity contribution in [1.29, 1.82) is 0 Å². The summed E-state index contributed by atoms with van der Waals surface area (Å²) in [6.45, 7) is 6.20. The van der Waals surface area contributed by atoms with Crippen LogP contribution in [0, 0.1) is 5.92 Å². The number of rotatable bonds is 6. The van der Waals surface area contributed by atoms with E-state index in [1.54, 1.807) is 12.1 Å². The lowest BCUT2D eigenvalue weighted by Crippen LogP contribution is -2.40. The third kappa shape index (κ3) is 4.57. The van der Waals surface area contributed by atoms with E-state index in [9.17, 15) is 9.59 Å². The lowest BCUT2D eigenvalue weighted by molar-refractivity contribution is 0.0697. The Balaban J connectivity index is 2.55. The second kappa shape index (κ2) is 7.53. The van der Waals surface area contributed by atoms with Crippen LogP contribution >= 0.6 is 0 Å². The zero-order chi connectivity index (χ0) is 15.1. The number of hydrogen-bond donors (Lipinski definition) is 3. The van der Waals surface area contributed by atoms with E-state index in [4.69, 9.17) is 5.11 Å². The van der Waals surface area contributed by atoms with E-state index in [2.05, 4.69) is 24.5 Å². The smallest absolute Gasteiger partial charge is 0.335 e. The minimum absolute atomic E-state index is 0.100. The SMILES string of the molecule is CCC(CC)C(C)NC(=O)Nc1ccc(C(=O)O)cc1. The highest BCUT2D eigenvalue weighted by Crippen LogP contribution is 2.13. The largest absolute Gasteiger partial charge is 0.478 e. The van der Waals surface area contributed by atoms with Gasteiger partial charge in [-0.3, -0.25) is 0 Å². The Morgan fingerprint density at radius 1 is 1.15 bits per heavy atom. The minimum Gasteiger partial charge on any atom is -0.478 e. The monoisotopic (exact) mass is 278 g/mol. The molecule has 0 saturated heterocycles. The maximum Gasteiger partial charge on any atom is 0.335 e. The minimum atomic E-state index is -0.983. The van der Waals surface area contributed by atoms with Crippen LogP contribution in [0.4, 0.5) is 10.5 Å². The molecule has 1 unspecified atom stereocenters. The van der Waals surface area contributed by atoms with Gasteiger partial charge in [0.2, 0.25) is 0 Å². The summed E-state index contributed by atoms with van der Waals surface area (Å²) in [7, 11) is 0. The Kier molecular flexibility index (Phi) is 6.03. The summed E-state index contributed by atoms with van der Waals surface area (Å²) in [6.07, 6.45) is 2.04. The highest BCUT2D eigenvalue weighted by atomic mass is 16.4. The summed E-state index contributed by atoms with van der Waals surface area (Å²) in [5, 5.41) is 14.4. The molecule has 0 spiro atoms. The van der Waals surface area contributed by atoms with Gasteiger partial charge in [0.05, 0.1) is 5.56 Å². The first-order valence-corrected chi connectivity index (χ1v) is 6.88. The van der Waals surface area contributed by atoms with Gasteiger partial charge in [-0.05, 0) is 37.1 Å². The van der Waals surface area contributed by atoms with Crippen molar-refractivity contribution >= 4 is 17.7 Å². The molecule has 1 aromatic carbocycles. The number of amides is 2. The van der Waals surface area contributed by atoms with Crippen molar-refractivity contribution in [3.63, 3.8) is 0 Å². The highest BCUT2D eigenvalue weighted by Gasteiger charge is 2.15. The molecule has 0 saturated carbocycles. The van der Waals surface area contributed by atoms with E-state index in [-0.39, 0.29) is 17.6 Å². The van der Waals surface area contributed by atoms with E-state index >= 15 is 0 Å². The van der Waals surface area contributed by atoms with Crippen LogP contribution in [0.15, 0.2) is 24.3 Å². The second-order valence-corrected chi connectivity index (χ2v) is 4.85. The van der Waals surface area contributed by atoms with Crippen molar-refractivity contribution < 1.29 is 14.7 Å². The fraction of sp³-hybridized carbons (Fsp3) is 0.467. The Labute approximate surface area is 119 Å². The van der Waals surface area contributed by atoms with E-state index in [0.29, 0.717) is 11.6 Å². The van der Waals surface area contributed by atoms with Gasteiger partial charge in [-0.25, -0.2) is 9.59 Å². The topological polar surface area (TPSA) is 78.4 Å². The molecule has 110 valence electrons. The molecule has 0 heterocycles.